The van der Waals surface area contributed by atoms with Gasteiger partial charge in [-0.3, -0.25) is 0 Å². The summed E-state index contributed by atoms with van der Waals surface area (Å²) in [6.07, 6.45) is 5.62. The van der Waals surface area contributed by atoms with Crippen LogP contribution in [0.4, 0.5) is 0 Å². The molecule has 0 unspecified atom stereocenters. The van der Waals surface area contributed by atoms with Crippen molar-refractivity contribution in [2.75, 3.05) is 6.61 Å². The Balaban J connectivity index is 2.48. The van der Waals surface area contributed by atoms with Gasteiger partial charge in [-0.1, -0.05) is 13.3 Å². The van der Waals surface area contributed by atoms with Crippen LogP contribution in [-0.2, 0) is 11.8 Å². The topological polar surface area (TPSA) is 30.2 Å². The molecule has 0 amide bonds. The van der Waals surface area contributed by atoms with Crippen LogP contribution in [-0.4, -0.2) is 12.6 Å². The maximum atomic E-state index is 11.4. The van der Waals surface area contributed by atoms with Gasteiger partial charge in [0.05, 0.1) is 12.2 Å². The normalized spacial score (nSPS) is 9.86. The first kappa shape index (κ1) is 10.7. The minimum Gasteiger partial charge on any atom is -0.462 e. The number of esters is 1. The molecule has 0 aliphatic rings. The second kappa shape index (κ2) is 5.37. The summed E-state index contributed by atoms with van der Waals surface area (Å²) >= 11 is 0. The maximum Gasteiger partial charge on any atom is 0.338 e. The van der Waals surface area contributed by atoms with Crippen LogP contribution in [0, 0.1) is 0 Å². The molecular formula is C11H16NO2+. The second-order valence-electron chi connectivity index (χ2n) is 3.24. The molecule has 14 heavy (non-hydrogen) atoms. The molecular weight excluding hydrogens is 178 g/mol. The molecule has 3 heteroatoms. The van der Waals surface area contributed by atoms with Gasteiger partial charge in [-0.25, -0.2) is 9.36 Å². The lowest BCUT2D eigenvalue weighted by Gasteiger charge is -2.02. The zero-order valence-corrected chi connectivity index (χ0v) is 8.69. The second-order valence-corrected chi connectivity index (χ2v) is 3.24. The highest BCUT2D eigenvalue weighted by Crippen LogP contribution is 1.99. The van der Waals surface area contributed by atoms with Crippen LogP contribution in [0.15, 0.2) is 24.5 Å². The third-order valence-corrected chi connectivity index (χ3v) is 1.95. The first-order valence-electron chi connectivity index (χ1n) is 4.86. The molecule has 0 atom stereocenters. The summed E-state index contributed by atoms with van der Waals surface area (Å²) in [5.74, 6) is -0.237. The van der Waals surface area contributed by atoms with Crippen LogP contribution in [0.5, 0.6) is 0 Å². The lowest BCUT2D eigenvalue weighted by Crippen LogP contribution is -2.26. The van der Waals surface area contributed by atoms with E-state index >= 15 is 0 Å². The van der Waals surface area contributed by atoms with Gasteiger partial charge in [-0.15, -0.1) is 0 Å². The molecule has 3 nitrogen and oxygen atoms in total. The molecule has 76 valence electrons. The van der Waals surface area contributed by atoms with E-state index in [0.29, 0.717) is 12.2 Å². The van der Waals surface area contributed by atoms with Gasteiger partial charge < -0.3 is 4.74 Å². The van der Waals surface area contributed by atoms with E-state index in [2.05, 4.69) is 6.92 Å². The molecule has 1 rings (SSSR count). The van der Waals surface area contributed by atoms with Gasteiger partial charge >= 0.3 is 5.97 Å². The lowest BCUT2D eigenvalue weighted by atomic mass is 10.3. The number of ether oxygens (including phenoxy) is 1. The van der Waals surface area contributed by atoms with Crippen molar-refractivity contribution in [1.29, 1.82) is 0 Å². The summed E-state index contributed by atoms with van der Waals surface area (Å²) in [5, 5.41) is 0. The van der Waals surface area contributed by atoms with E-state index in [1.807, 2.05) is 24.0 Å². The van der Waals surface area contributed by atoms with Crippen molar-refractivity contribution in [2.45, 2.75) is 19.8 Å². The Kier molecular flexibility index (Phi) is 4.11. The SMILES string of the molecule is CCCCOC(=O)c1cc[n+](C)cc1. The van der Waals surface area contributed by atoms with Gasteiger partial charge in [-0.2, -0.15) is 0 Å². The zero-order chi connectivity index (χ0) is 10.4. The van der Waals surface area contributed by atoms with Gasteiger partial charge in [0, 0.05) is 12.1 Å². The molecule has 0 saturated carbocycles. The van der Waals surface area contributed by atoms with Crippen molar-refractivity contribution >= 4 is 5.97 Å². The average molecular weight is 194 g/mol. The van der Waals surface area contributed by atoms with E-state index < -0.39 is 0 Å². The fraction of sp³-hybridized carbons (Fsp3) is 0.455. The Labute approximate surface area is 84.3 Å². The highest BCUT2D eigenvalue weighted by atomic mass is 16.5. The van der Waals surface area contributed by atoms with Crippen molar-refractivity contribution in [3.05, 3.63) is 30.1 Å². The summed E-state index contributed by atoms with van der Waals surface area (Å²) in [6, 6.07) is 3.52. The molecule has 0 aliphatic heterocycles. The third-order valence-electron chi connectivity index (χ3n) is 1.95. The Morgan fingerprint density at radius 2 is 2.07 bits per heavy atom. The minimum absolute atomic E-state index is 0.237. The summed E-state index contributed by atoms with van der Waals surface area (Å²) in [7, 11) is 1.91. The first-order valence-corrected chi connectivity index (χ1v) is 4.86. The number of carbonyl (C=O) groups is 1. The van der Waals surface area contributed by atoms with E-state index in [-0.39, 0.29) is 5.97 Å². The van der Waals surface area contributed by atoms with Crippen molar-refractivity contribution in [2.24, 2.45) is 7.05 Å². The van der Waals surface area contributed by atoms with Crippen LogP contribution in [0.2, 0.25) is 0 Å². The zero-order valence-electron chi connectivity index (χ0n) is 8.69. The highest BCUT2D eigenvalue weighted by molar-refractivity contribution is 5.88. The number of hydrogen-bond donors (Lipinski definition) is 0. The van der Waals surface area contributed by atoms with Crippen LogP contribution in [0.25, 0.3) is 0 Å². The van der Waals surface area contributed by atoms with Crippen LogP contribution in [0.1, 0.15) is 30.1 Å². The monoisotopic (exact) mass is 194 g/mol. The number of hydrogen-bond acceptors (Lipinski definition) is 2. The molecule has 0 fully saturated rings. The predicted molar refractivity (Wildman–Crippen MR) is 52.8 cm³/mol. The standard InChI is InChI=1S/C11H16NO2/c1-3-4-9-14-11(13)10-5-7-12(2)8-6-10/h5-8H,3-4,9H2,1-2H3/q+1. The van der Waals surface area contributed by atoms with Crippen molar-refractivity contribution in [3.8, 4) is 0 Å². The third kappa shape index (κ3) is 3.17. The number of rotatable bonds is 4. The van der Waals surface area contributed by atoms with E-state index in [1.54, 1.807) is 12.1 Å². The highest BCUT2D eigenvalue weighted by Gasteiger charge is 2.07. The average Bonchev–Trinajstić information content (AvgIpc) is 2.19. The summed E-state index contributed by atoms with van der Waals surface area (Å²) < 4.78 is 6.94. The Morgan fingerprint density at radius 3 is 2.64 bits per heavy atom. The number of aromatic nitrogens is 1. The number of aryl methyl sites for hydroxylation is 1. The van der Waals surface area contributed by atoms with E-state index in [4.69, 9.17) is 4.74 Å². The molecule has 0 radical (unpaired) electrons. The van der Waals surface area contributed by atoms with Crippen molar-refractivity contribution in [3.63, 3.8) is 0 Å². The molecule has 0 aliphatic carbocycles. The smallest absolute Gasteiger partial charge is 0.338 e. The minimum atomic E-state index is -0.237. The molecule has 0 spiro atoms. The van der Waals surface area contributed by atoms with E-state index in [9.17, 15) is 4.79 Å². The van der Waals surface area contributed by atoms with Crippen LogP contribution >= 0.6 is 0 Å². The molecule has 0 saturated heterocycles. The van der Waals surface area contributed by atoms with Gasteiger partial charge in [0.2, 0.25) is 0 Å². The summed E-state index contributed by atoms with van der Waals surface area (Å²) in [4.78, 5) is 11.4. The number of nitrogens with zero attached hydrogens (tertiary/aromatic N) is 1. The Bertz CT molecular complexity index is 293. The molecule has 0 bridgehead atoms. The number of pyridine rings is 1. The Hall–Kier alpha value is -1.38. The van der Waals surface area contributed by atoms with E-state index in [1.165, 1.54) is 0 Å². The fourth-order valence-electron chi connectivity index (χ4n) is 1.03. The molecule has 1 heterocycles. The maximum absolute atomic E-state index is 11.4. The number of unbranched alkanes of at least 4 members (excludes halogenated alkanes) is 1. The molecule has 0 aromatic carbocycles. The van der Waals surface area contributed by atoms with E-state index in [0.717, 1.165) is 12.8 Å². The van der Waals surface area contributed by atoms with Gasteiger partial charge in [0.1, 0.15) is 7.05 Å². The molecule has 1 aromatic rings. The van der Waals surface area contributed by atoms with Crippen LogP contribution in [0.3, 0.4) is 0 Å². The van der Waals surface area contributed by atoms with Crippen molar-refractivity contribution < 1.29 is 14.1 Å². The number of carbonyl (C=O) groups excluding carboxylic acids is 1. The Morgan fingerprint density at radius 1 is 1.43 bits per heavy atom. The van der Waals surface area contributed by atoms with Gasteiger partial charge in [0.15, 0.2) is 12.4 Å². The summed E-state index contributed by atoms with van der Waals surface area (Å²) in [6.45, 7) is 2.58. The van der Waals surface area contributed by atoms with Crippen molar-refractivity contribution in [1.82, 2.24) is 0 Å². The fourth-order valence-corrected chi connectivity index (χ4v) is 1.03. The first-order chi connectivity index (χ1) is 6.74. The predicted octanol–water partition coefficient (Wildman–Crippen LogP) is 1.47. The van der Waals surface area contributed by atoms with Crippen LogP contribution < -0.4 is 4.57 Å². The van der Waals surface area contributed by atoms with Gasteiger partial charge in [-0.05, 0) is 6.42 Å². The lowest BCUT2D eigenvalue weighted by molar-refractivity contribution is -0.671. The largest absolute Gasteiger partial charge is 0.462 e. The molecule has 0 N–H and O–H groups in total. The van der Waals surface area contributed by atoms with Gasteiger partial charge in [0.25, 0.3) is 0 Å². The summed E-state index contributed by atoms with van der Waals surface area (Å²) in [5.41, 5.74) is 0.610. The molecule has 1 aromatic heterocycles. The quantitative estimate of drug-likeness (QED) is 0.413.